The van der Waals surface area contributed by atoms with Crippen LogP contribution in [-0.2, 0) is 11.8 Å². The lowest BCUT2D eigenvalue weighted by Crippen LogP contribution is -2.14. The molecule has 38 heavy (non-hydrogen) atoms. The van der Waals surface area contributed by atoms with E-state index in [4.69, 9.17) is 4.74 Å². The summed E-state index contributed by atoms with van der Waals surface area (Å²) < 4.78 is 6.59. The number of hydrogen-bond donors (Lipinski definition) is 2. The third-order valence-electron chi connectivity index (χ3n) is 6.10. The summed E-state index contributed by atoms with van der Waals surface area (Å²) in [6, 6.07) is 30.1. The van der Waals surface area contributed by atoms with Crippen molar-refractivity contribution in [3.05, 3.63) is 124 Å². The van der Waals surface area contributed by atoms with Gasteiger partial charge in [-0.15, -0.1) is 0 Å². The van der Waals surface area contributed by atoms with Crippen LogP contribution in [0.2, 0.25) is 0 Å². The molecule has 5 nitrogen and oxygen atoms in total. The zero-order chi connectivity index (χ0) is 27.1. The van der Waals surface area contributed by atoms with E-state index in [2.05, 4.69) is 59.5 Å². The van der Waals surface area contributed by atoms with Crippen LogP contribution in [0.15, 0.2) is 102 Å². The lowest BCUT2D eigenvalue weighted by Gasteiger charge is -2.19. The minimum absolute atomic E-state index is 0.0314. The predicted molar refractivity (Wildman–Crippen MR) is 157 cm³/mol. The summed E-state index contributed by atoms with van der Waals surface area (Å²) in [6.45, 7) is 6.95. The number of nitrogens with one attached hydrogen (secondary N) is 2. The highest BCUT2D eigenvalue weighted by atomic mass is 79.9. The van der Waals surface area contributed by atoms with E-state index < -0.39 is 0 Å². The van der Waals surface area contributed by atoms with Crippen LogP contribution in [-0.4, -0.2) is 18.4 Å². The van der Waals surface area contributed by atoms with E-state index in [0.29, 0.717) is 39.3 Å². The Morgan fingerprint density at radius 2 is 1.29 bits per heavy atom. The van der Waals surface area contributed by atoms with Crippen molar-refractivity contribution in [3.63, 3.8) is 0 Å². The number of hydrogen-bond acceptors (Lipinski definition) is 3. The van der Waals surface area contributed by atoms with Gasteiger partial charge in [0, 0.05) is 28.9 Å². The van der Waals surface area contributed by atoms with Crippen LogP contribution in [0.1, 0.15) is 52.6 Å². The molecule has 6 heteroatoms. The summed E-state index contributed by atoms with van der Waals surface area (Å²) in [5.41, 5.74) is 4.78. The van der Waals surface area contributed by atoms with E-state index in [1.54, 1.807) is 42.5 Å². The monoisotopic (exact) mass is 570 g/mol. The maximum absolute atomic E-state index is 12.8. The van der Waals surface area contributed by atoms with Crippen LogP contribution in [0.25, 0.3) is 0 Å². The van der Waals surface area contributed by atoms with Gasteiger partial charge in [0.2, 0.25) is 0 Å². The first kappa shape index (κ1) is 27.1. The van der Waals surface area contributed by atoms with E-state index in [0.717, 1.165) is 6.42 Å². The molecule has 0 unspecified atom stereocenters. The van der Waals surface area contributed by atoms with Crippen LogP contribution >= 0.6 is 15.9 Å². The molecule has 4 aromatic carbocycles. The number of ether oxygens (including phenoxy) is 1. The standard InChI is InChI=1S/C32H31BrN2O3/c1-32(2,3)25-12-9-23(10-13-25)30(36)34-26-14-16-27(17-15-26)35-31(37)24-11-18-29(28(33)21-24)38-20-19-22-7-5-4-6-8-22/h4-18,21H,19-20H2,1-3H3,(H,34,36)(H,35,37). The third kappa shape index (κ3) is 7.33. The van der Waals surface area contributed by atoms with Gasteiger partial charge in [-0.2, -0.15) is 0 Å². The van der Waals surface area contributed by atoms with E-state index in [1.165, 1.54) is 11.1 Å². The van der Waals surface area contributed by atoms with Crippen molar-refractivity contribution in [2.24, 2.45) is 0 Å². The Hall–Kier alpha value is -3.90. The Morgan fingerprint density at radius 3 is 1.84 bits per heavy atom. The van der Waals surface area contributed by atoms with E-state index in [1.807, 2.05) is 42.5 Å². The zero-order valence-corrected chi connectivity index (χ0v) is 23.3. The van der Waals surface area contributed by atoms with Crippen LogP contribution in [0.4, 0.5) is 11.4 Å². The van der Waals surface area contributed by atoms with Crippen LogP contribution in [0.5, 0.6) is 5.75 Å². The van der Waals surface area contributed by atoms with Crippen LogP contribution < -0.4 is 15.4 Å². The molecular formula is C32H31BrN2O3. The second-order valence-corrected chi connectivity index (χ2v) is 10.9. The van der Waals surface area contributed by atoms with E-state index in [9.17, 15) is 9.59 Å². The molecule has 0 aliphatic rings. The molecule has 0 aromatic heterocycles. The SMILES string of the molecule is CC(C)(C)c1ccc(C(=O)Nc2ccc(NC(=O)c3ccc(OCCc4ccccc4)c(Br)c3)cc2)cc1. The number of carbonyl (C=O) groups is 2. The molecule has 0 saturated carbocycles. The number of carbonyl (C=O) groups excluding carboxylic acids is 2. The lowest BCUT2D eigenvalue weighted by molar-refractivity contribution is 0.101. The first-order chi connectivity index (χ1) is 18.2. The molecule has 0 fully saturated rings. The molecular weight excluding hydrogens is 540 g/mol. The summed E-state index contributed by atoms with van der Waals surface area (Å²) in [5, 5.41) is 5.79. The maximum Gasteiger partial charge on any atom is 0.255 e. The largest absolute Gasteiger partial charge is 0.492 e. The van der Waals surface area contributed by atoms with Crippen molar-refractivity contribution in [1.29, 1.82) is 0 Å². The van der Waals surface area contributed by atoms with Gasteiger partial charge in [0.25, 0.3) is 11.8 Å². The normalized spacial score (nSPS) is 11.1. The summed E-state index contributed by atoms with van der Waals surface area (Å²) in [7, 11) is 0. The Morgan fingerprint density at radius 1 is 0.737 bits per heavy atom. The fourth-order valence-electron chi connectivity index (χ4n) is 3.85. The summed E-state index contributed by atoms with van der Waals surface area (Å²) in [6.07, 6.45) is 0.801. The van der Waals surface area contributed by atoms with Crippen LogP contribution in [0.3, 0.4) is 0 Å². The predicted octanol–water partition coefficient (Wildman–Crippen LogP) is 7.87. The number of amides is 2. The van der Waals surface area contributed by atoms with Gasteiger partial charge in [0.15, 0.2) is 0 Å². The zero-order valence-electron chi connectivity index (χ0n) is 21.8. The molecule has 0 radical (unpaired) electrons. The molecule has 0 aliphatic heterocycles. The van der Waals surface area contributed by atoms with Gasteiger partial charge in [-0.05, 0) is 87.1 Å². The fourth-order valence-corrected chi connectivity index (χ4v) is 4.34. The van der Waals surface area contributed by atoms with Gasteiger partial charge in [0.05, 0.1) is 11.1 Å². The van der Waals surface area contributed by atoms with Gasteiger partial charge >= 0.3 is 0 Å². The molecule has 0 saturated heterocycles. The number of benzene rings is 4. The second kappa shape index (κ2) is 12.1. The highest BCUT2D eigenvalue weighted by molar-refractivity contribution is 9.10. The van der Waals surface area contributed by atoms with Crippen LogP contribution in [0, 0.1) is 0 Å². The Balaban J connectivity index is 1.30. The van der Waals surface area contributed by atoms with E-state index in [-0.39, 0.29) is 17.2 Å². The van der Waals surface area contributed by atoms with Crippen molar-refractivity contribution < 1.29 is 14.3 Å². The molecule has 0 aliphatic carbocycles. The molecule has 2 amide bonds. The first-order valence-corrected chi connectivity index (χ1v) is 13.3. The first-order valence-electron chi connectivity index (χ1n) is 12.5. The molecule has 0 atom stereocenters. The maximum atomic E-state index is 12.8. The smallest absolute Gasteiger partial charge is 0.255 e. The van der Waals surface area contributed by atoms with Crippen molar-refractivity contribution in [2.45, 2.75) is 32.6 Å². The number of halogens is 1. The fraction of sp³-hybridized carbons (Fsp3) is 0.188. The minimum Gasteiger partial charge on any atom is -0.492 e. The molecule has 194 valence electrons. The highest BCUT2D eigenvalue weighted by Gasteiger charge is 2.15. The molecule has 0 spiro atoms. The summed E-state index contributed by atoms with van der Waals surface area (Å²) in [4.78, 5) is 25.4. The van der Waals surface area contributed by atoms with Gasteiger partial charge < -0.3 is 15.4 Å². The van der Waals surface area contributed by atoms with Crippen molar-refractivity contribution in [1.82, 2.24) is 0 Å². The van der Waals surface area contributed by atoms with Crippen molar-refractivity contribution >= 4 is 39.1 Å². The highest BCUT2D eigenvalue weighted by Crippen LogP contribution is 2.27. The third-order valence-corrected chi connectivity index (χ3v) is 6.72. The average molecular weight is 572 g/mol. The molecule has 2 N–H and O–H groups in total. The summed E-state index contributed by atoms with van der Waals surface area (Å²) >= 11 is 3.51. The Bertz CT molecular complexity index is 1390. The van der Waals surface area contributed by atoms with Gasteiger partial charge in [0.1, 0.15) is 5.75 Å². The van der Waals surface area contributed by atoms with Crippen molar-refractivity contribution in [3.8, 4) is 5.75 Å². The molecule has 0 bridgehead atoms. The lowest BCUT2D eigenvalue weighted by atomic mass is 9.87. The number of rotatable bonds is 8. The van der Waals surface area contributed by atoms with Gasteiger partial charge in [-0.3, -0.25) is 9.59 Å². The minimum atomic E-state index is -0.239. The average Bonchev–Trinajstić information content (AvgIpc) is 2.91. The molecule has 4 rings (SSSR count). The number of anilines is 2. The second-order valence-electron chi connectivity index (χ2n) is 10.0. The summed E-state index contributed by atoms with van der Waals surface area (Å²) in [5.74, 6) is 0.265. The Labute approximate surface area is 232 Å². The molecule has 0 heterocycles. The topological polar surface area (TPSA) is 67.4 Å². The van der Waals surface area contributed by atoms with E-state index >= 15 is 0 Å². The van der Waals surface area contributed by atoms with Gasteiger partial charge in [-0.1, -0.05) is 63.2 Å². The quantitative estimate of drug-likeness (QED) is 0.226. The molecule has 4 aromatic rings. The van der Waals surface area contributed by atoms with Crippen molar-refractivity contribution in [2.75, 3.05) is 17.2 Å². The Kier molecular flexibility index (Phi) is 8.64. The van der Waals surface area contributed by atoms with Gasteiger partial charge in [-0.25, -0.2) is 0 Å².